The van der Waals surface area contributed by atoms with Crippen LogP contribution >= 0.6 is 0 Å². The van der Waals surface area contributed by atoms with Crippen LogP contribution in [0.2, 0.25) is 0 Å². The van der Waals surface area contributed by atoms with Crippen molar-refractivity contribution in [3.05, 3.63) is 23.9 Å². The zero-order valence-electron chi connectivity index (χ0n) is 11.6. The molecule has 1 saturated heterocycles. The molecule has 1 aromatic rings. The van der Waals surface area contributed by atoms with Crippen molar-refractivity contribution in [3.8, 4) is 5.88 Å². The molecule has 1 aliphatic heterocycles. The highest BCUT2D eigenvalue weighted by Crippen LogP contribution is 2.20. The lowest BCUT2D eigenvalue weighted by molar-refractivity contribution is -0.141. The van der Waals surface area contributed by atoms with Crippen molar-refractivity contribution in [1.29, 1.82) is 0 Å². The third-order valence-electron chi connectivity index (χ3n) is 3.14. The highest BCUT2D eigenvalue weighted by molar-refractivity contribution is 5.96. The third kappa shape index (κ3) is 3.07. The Morgan fingerprint density at radius 1 is 1.45 bits per heavy atom. The Labute approximate surface area is 117 Å². The van der Waals surface area contributed by atoms with Crippen LogP contribution in [0.4, 0.5) is 0 Å². The molecular formula is C14H18N2O4. The number of nitrogens with zero attached hydrogens (tertiary/aromatic N) is 2. The van der Waals surface area contributed by atoms with Gasteiger partial charge in [-0.25, -0.2) is 9.78 Å². The summed E-state index contributed by atoms with van der Waals surface area (Å²) >= 11 is 0. The van der Waals surface area contributed by atoms with Gasteiger partial charge in [-0.15, -0.1) is 0 Å². The number of hydrogen-bond donors (Lipinski definition) is 1. The molecule has 1 amide bonds. The van der Waals surface area contributed by atoms with Crippen LogP contribution in [-0.4, -0.2) is 45.6 Å². The summed E-state index contributed by atoms with van der Waals surface area (Å²) in [6.07, 6.45) is 2.66. The molecule has 0 saturated carbocycles. The Morgan fingerprint density at radius 3 is 2.75 bits per heavy atom. The molecule has 0 bridgehead atoms. The predicted octanol–water partition coefficient (Wildman–Crippen LogP) is 1.56. The summed E-state index contributed by atoms with van der Waals surface area (Å²) in [5.74, 6) is -0.796. The zero-order valence-corrected chi connectivity index (χ0v) is 11.6. The van der Waals surface area contributed by atoms with E-state index in [9.17, 15) is 9.59 Å². The number of aliphatic carboxylic acids is 1. The van der Waals surface area contributed by atoms with Crippen LogP contribution in [0.25, 0.3) is 0 Å². The molecule has 0 spiro atoms. The molecule has 0 radical (unpaired) electrons. The van der Waals surface area contributed by atoms with Crippen LogP contribution in [0.3, 0.4) is 0 Å². The van der Waals surface area contributed by atoms with E-state index in [1.807, 2.05) is 13.8 Å². The van der Waals surface area contributed by atoms with Crippen LogP contribution in [0, 0.1) is 0 Å². The van der Waals surface area contributed by atoms with E-state index in [1.54, 1.807) is 12.1 Å². The number of hydrogen-bond acceptors (Lipinski definition) is 4. The fourth-order valence-corrected chi connectivity index (χ4v) is 2.25. The van der Waals surface area contributed by atoms with Crippen molar-refractivity contribution in [3.63, 3.8) is 0 Å². The van der Waals surface area contributed by atoms with Gasteiger partial charge in [-0.2, -0.15) is 0 Å². The Balaban J connectivity index is 2.11. The van der Waals surface area contributed by atoms with Gasteiger partial charge in [-0.1, -0.05) is 0 Å². The van der Waals surface area contributed by atoms with Crippen molar-refractivity contribution in [1.82, 2.24) is 9.88 Å². The van der Waals surface area contributed by atoms with Gasteiger partial charge in [0.25, 0.3) is 5.91 Å². The minimum Gasteiger partial charge on any atom is -0.480 e. The summed E-state index contributed by atoms with van der Waals surface area (Å²) in [5, 5.41) is 9.09. The number of likely N-dealkylation sites (tertiary alicyclic amines) is 1. The van der Waals surface area contributed by atoms with Crippen molar-refractivity contribution in [2.45, 2.75) is 38.8 Å². The molecule has 2 heterocycles. The van der Waals surface area contributed by atoms with E-state index < -0.39 is 12.0 Å². The molecular weight excluding hydrogens is 260 g/mol. The standard InChI is InChI=1S/C14H18N2O4/c1-9(2)20-12-6-5-10(8-15-12)13(17)16-7-3-4-11(16)14(18)19/h5-6,8-9,11H,3-4,7H2,1-2H3,(H,18,19)/t11-/m1/s1. The normalized spacial score (nSPS) is 18.4. The van der Waals surface area contributed by atoms with E-state index in [1.165, 1.54) is 11.1 Å². The molecule has 0 unspecified atom stereocenters. The quantitative estimate of drug-likeness (QED) is 0.904. The number of carboxylic acid groups (broad SMARTS) is 1. The number of rotatable bonds is 4. The predicted molar refractivity (Wildman–Crippen MR) is 71.7 cm³/mol. The first-order chi connectivity index (χ1) is 9.49. The molecule has 1 aliphatic rings. The molecule has 1 atom stereocenters. The van der Waals surface area contributed by atoms with Crippen LogP contribution in [0.5, 0.6) is 5.88 Å². The van der Waals surface area contributed by atoms with Gasteiger partial charge in [-0.3, -0.25) is 4.79 Å². The molecule has 2 rings (SSSR count). The van der Waals surface area contributed by atoms with Crippen LogP contribution in [-0.2, 0) is 4.79 Å². The summed E-state index contributed by atoms with van der Waals surface area (Å²) in [7, 11) is 0. The number of ether oxygens (including phenoxy) is 1. The molecule has 0 aliphatic carbocycles. The summed E-state index contributed by atoms with van der Waals surface area (Å²) in [6.45, 7) is 4.25. The molecule has 1 aromatic heterocycles. The number of pyridine rings is 1. The van der Waals surface area contributed by atoms with Crippen molar-refractivity contribution >= 4 is 11.9 Å². The monoisotopic (exact) mass is 278 g/mol. The van der Waals surface area contributed by atoms with E-state index in [0.717, 1.165) is 0 Å². The van der Waals surface area contributed by atoms with Crippen molar-refractivity contribution < 1.29 is 19.4 Å². The number of aromatic nitrogens is 1. The summed E-state index contributed by atoms with van der Waals surface area (Å²) in [4.78, 5) is 28.8. The second-order valence-corrected chi connectivity index (χ2v) is 5.05. The summed E-state index contributed by atoms with van der Waals surface area (Å²) in [5.41, 5.74) is 0.384. The lowest BCUT2D eigenvalue weighted by Crippen LogP contribution is -2.40. The van der Waals surface area contributed by atoms with E-state index in [4.69, 9.17) is 9.84 Å². The average Bonchev–Trinajstić information content (AvgIpc) is 2.87. The van der Waals surface area contributed by atoms with Crippen LogP contribution in [0.15, 0.2) is 18.3 Å². The van der Waals surface area contributed by atoms with Crippen molar-refractivity contribution in [2.24, 2.45) is 0 Å². The van der Waals surface area contributed by atoms with Gasteiger partial charge in [0.2, 0.25) is 5.88 Å². The van der Waals surface area contributed by atoms with Gasteiger partial charge in [0.05, 0.1) is 11.7 Å². The average molecular weight is 278 g/mol. The van der Waals surface area contributed by atoms with Gasteiger partial charge in [-0.05, 0) is 32.8 Å². The van der Waals surface area contributed by atoms with Crippen LogP contribution < -0.4 is 4.74 Å². The Morgan fingerprint density at radius 2 is 2.20 bits per heavy atom. The molecule has 6 nitrogen and oxygen atoms in total. The van der Waals surface area contributed by atoms with Crippen LogP contribution in [0.1, 0.15) is 37.0 Å². The number of carbonyl (C=O) groups is 2. The third-order valence-corrected chi connectivity index (χ3v) is 3.14. The first-order valence-electron chi connectivity index (χ1n) is 6.65. The lowest BCUT2D eigenvalue weighted by atomic mass is 10.2. The van der Waals surface area contributed by atoms with E-state index in [-0.39, 0.29) is 12.0 Å². The number of carbonyl (C=O) groups excluding carboxylic acids is 1. The molecule has 108 valence electrons. The second-order valence-electron chi connectivity index (χ2n) is 5.05. The highest BCUT2D eigenvalue weighted by atomic mass is 16.5. The number of carboxylic acids is 1. The fourth-order valence-electron chi connectivity index (χ4n) is 2.25. The Hall–Kier alpha value is -2.11. The van der Waals surface area contributed by atoms with Gasteiger partial charge < -0.3 is 14.7 Å². The maximum absolute atomic E-state index is 12.3. The maximum Gasteiger partial charge on any atom is 0.326 e. The second kappa shape index (κ2) is 5.90. The van der Waals surface area contributed by atoms with E-state index >= 15 is 0 Å². The Kier molecular flexibility index (Phi) is 4.22. The maximum atomic E-state index is 12.3. The SMILES string of the molecule is CC(C)Oc1ccc(C(=O)N2CCC[C@@H]2C(=O)O)cn1. The molecule has 6 heteroatoms. The minimum atomic E-state index is -0.955. The molecule has 20 heavy (non-hydrogen) atoms. The fraction of sp³-hybridized carbons (Fsp3) is 0.500. The van der Waals surface area contributed by atoms with Gasteiger partial charge >= 0.3 is 5.97 Å². The van der Waals surface area contributed by atoms with Gasteiger partial charge in [0.1, 0.15) is 6.04 Å². The smallest absolute Gasteiger partial charge is 0.326 e. The highest BCUT2D eigenvalue weighted by Gasteiger charge is 2.34. The summed E-state index contributed by atoms with van der Waals surface area (Å²) < 4.78 is 5.40. The zero-order chi connectivity index (χ0) is 14.7. The van der Waals surface area contributed by atoms with E-state index in [0.29, 0.717) is 30.8 Å². The Bertz CT molecular complexity index is 498. The van der Waals surface area contributed by atoms with Gasteiger partial charge in [0, 0.05) is 18.8 Å². The van der Waals surface area contributed by atoms with E-state index in [2.05, 4.69) is 4.98 Å². The first-order valence-corrected chi connectivity index (χ1v) is 6.65. The largest absolute Gasteiger partial charge is 0.480 e. The minimum absolute atomic E-state index is 0.0130. The number of amides is 1. The first kappa shape index (κ1) is 14.3. The summed E-state index contributed by atoms with van der Waals surface area (Å²) in [6, 6.07) is 2.51. The topological polar surface area (TPSA) is 79.7 Å². The van der Waals surface area contributed by atoms with Crippen molar-refractivity contribution in [2.75, 3.05) is 6.54 Å². The molecule has 1 N–H and O–H groups in total. The van der Waals surface area contributed by atoms with Gasteiger partial charge in [0.15, 0.2) is 0 Å². The molecule has 1 fully saturated rings. The lowest BCUT2D eigenvalue weighted by Gasteiger charge is -2.21. The molecule has 0 aromatic carbocycles.